The summed E-state index contributed by atoms with van der Waals surface area (Å²) in [4.78, 5) is 39.4. The van der Waals surface area contributed by atoms with Gasteiger partial charge in [-0.15, -0.1) is 11.3 Å². The molecule has 0 atom stereocenters. The molecule has 0 radical (unpaired) electrons. The number of thiophene rings is 1. The molecule has 0 saturated carbocycles. The number of nitrogens with one attached hydrogen (secondary N) is 1. The zero-order valence-electron chi connectivity index (χ0n) is 16.2. The third-order valence-electron chi connectivity index (χ3n) is 5.22. The summed E-state index contributed by atoms with van der Waals surface area (Å²) >= 11 is 7.50. The fourth-order valence-electron chi connectivity index (χ4n) is 3.71. The second-order valence-electron chi connectivity index (χ2n) is 7.18. The molecule has 8 heteroatoms. The number of benzene rings is 2. The summed E-state index contributed by atoms with van der Waals surface area (Å²) in [5.74, 6) is -0.922. The first kappa shape index (κ1) is 19.5. The molecule has 0 spiro atoms. The van der Waals surface area contributed by atoms with Crippen molar-refractivity contribution in [3.05, 3.63) is 87.9 Å². The number of hydrogen-bond acceptors (Lipinski definition) is 4. The molecule has 2 aromatic heterocycles. The molecule has 3 amide bonds. The highest BCUT2D eigenvalue weighted by atomic mass is 35.5. The van der Waals surface area contributed by atoms with E-state index in [1.165, 1.54) is 16.2 Å². The van der Waals surface area contributed by atoms with Gasteiger partial charge in [0.1, 0.15) is 12.2 Å². The number of rotatable bonds is 4. The Bertz CT molecular complexity index is 1340. The number of nitrogens with zero attached hydrogens (tertiary/aromatic N) is 2. The van der Waals surface area contributed by atoms with E-state index in [2.05, 4.69) is 5.32 Å². The Labute approximate surface area is 186 Å². The summed E-state index contributed by atoms with van der Waals surface area (Å²) in [6.45, 7) is 0.446. The van der Waals surface area contributed by atoms with Crippen molar-refractivity contribution in [3.63, 3.8) is 0 Å². The average Bonchev–Trinajstić information content (AvgIpc) is 3.35. The Morgan fingerprint density at radius 3 is 2.65 bits per heavy atom. The number of fused-ring (bicyclic) bond motifs is 3. The molecular formula is C23H16ClN3O3S. The Balaban J connectivity index is 1.33. The van der Waals surface area contributed by atoms with Crippen molar-refractivity contribution in [3.8, 4) is 0 Å². The van der Waals surface area contributed by atoms with Crippen LogP contribution in [0.5, 0.6) is 0 Å². The van der Waals surface area contributed by atoms with E-state index in [1.807, 2.05) is 29.6 Å². The molecule has 31 heavy (non-hydrogen) atoms. The van der Waals surface area contributed by atoms with E-state index < -0.39 is 0 Å². The Morgan fingerprint density at radius 1 is 1.06 bits per heavy atom. The van der Waals surface area contributed by atoms with Crippen LogP contribution in [0.1, 0.15) is 26.4 Å². The Morgan fingerprint density at radius 2 is 1.87 bits per heavy atom. The third kappa shape index (κ3) is 3.52. The molecule has 0 aliphatic carbocycles. The highest BCUT2D eigenvalue weighted by molar-refractivity contribution is 7.17. The summed E-state index contributed by atoms with van der Waals surface area (Å²) in [7, 11) is 0. The molecule has 0 saturated heterocycles. The fraction of sp³-hybridized carbons (Fsp3) is 0.0870. The van der Waals surface area contributed by atoms with Gasteiger partial charge in [-0.05, 0) is 59.5 Å². The lowest BCUT2D eigenvalue weighted by molar-refractivity contribution is -0.118. The topological polar surface area (TPSA) is 71.4 Å². The van der Waals surface area contributed by atoms with Gasteiger partial charge in [0, 0.05) is 17.1 Å². The van der Waals surface area contributed by atoms with E-state index in [0.717, 1.165) is 15.8 Å². The quantitative estimate of drug-likeness (QED) is 0.467. The van der Waals surface area contributed by atoms with Gasteiger partial charge in [0.15, 0.2) is 0 Å². The van der Waals surface area contributed by atoms with E-state index in [0.29, 0.717) is 28.5 Å². The molecule has 0 fully saturated rings. The molecule has 1 aliphatic rings. The average molecular weight is 450 g/mol. The molecule has 6 nitrogen and oxygen atoms in total. The molecule has 4 aromatic rings. The summed E-state index contributed by atoms with van der Waals surface area (Å²) in [6, 6.07) is 17.4. The van der Waals surface area contributed by atoms with Gasteiger partial charge in [-0.2, -0.15) is 0 Å². The predicted octanol–water partition coefficient (Wildman–Crippen LogP) is 4.47. The molecule has 1 aliphatic heterocycles. The molecule has 154 valence electrons. The van der Waals surface area contributed by atoms with Gasteiger partial charge < -0.3 is 9.88 Å². The molecule has 3 heterocycles. The van der Waals surface area contributed by atoms with Gasteiger partial charge in [-0.3, -0.25) is 14.4 Å². The lowest BCUT2D eigenvalue weighted by atomic mass is 10.1. The standard InChI is InChI=1S/C23H16ClN3O3S/c24-16-3-1-2-14(10-16)12-25-22(29)15-4-6-17(7-5-15)27-21(28)13-26-18-8-9-31-20(18)11-19(26)23(27)30/h1-11H,12-13H2,(H,25,29). The number of aromatic nitrogens is 1. The maximum Gasteiger partial charge on any atom is 0.281 e. The van der Waals surface area contributed by atoms with Crippen molar-refractivity contribution in [2.45, 2.75) is 13.1 Å². The van der Waals surface area contributed by atoms with Gasteiger partial charge in [0.25, 0.3) is 17.7 Å². The first-order valence-electron chi connectivity index (χ1n) is 9.58. The van der Waals surface area contributed by atoms with Crippen molar-refractivity contribution in [2.75, 3.05) is 4.90 Å². The van der Waals surface area contributed by atoms with Gasteiger partial charge in [0.2, 0.25) is 0 Å². The smallest absolute Gasteiger partial charge is 0.281 e. The number of carbonyl (C=O) groups excluding carboxylic acids is 3. The minimum absolute atomic E-state index is 0.100. The first-order valence-corrected chi connectivity index (χ1v) is 10.8. The summed E-state index contributed by atoms with van der Waals surface area (Å²) in [6.07, 6.45) is 0. The zero-order valence-corrected chi connectivity index (χ0v) is 17.7. The second-order valence-corrected chi connectivity index (χ2v) is 8.56. The van der Waals surface area contributed by atoms with Gasteiger partial charge in [-0.25, -0.2) is 4.90 Å². The fourth-order valence-corrected chi connectivity index (χ4v) is 4.75. The largest absolute Gasteiger partial charge is 0.348 e. The SMILES string of the molecule is O=C(NCc1cccc(Cl)c1)c1ccc(N2C(=O)Cn3c(cc4sccc43)C2=O)cc1. The van der Waals surface area contributed by atoms with Crippen molar-refractivity contribution in [1.29, 1.82) is 0 Å². The molecule has 1 N–H and O–H groups in total. The Hall–Kier alpha value is -3.42. The number of carbonyl (C=O) groups is 3. The van der Waals surface area contributed by atoms with E-state index in [9.17, 15) is 14.4 Å². The minimum Gasteiger partial charge on any atom is -0.348 e. The maximum absolute atomic E-state index is 13.0. The van der Waals surface area contributed by atoms with Crippen LogP contribution in [0.2, 0.25) is 5.02 Å². The Kier molecular flexibility index (Phi) is 4.84. The van der Waals surface area contributed by atoms with Crippen LogP contribution in [0.3, 0.4) is 0 Å². The van der Waals surface area contributed by atoms with Gasteiger partial charge >= 0.3 is 0 Å². The van der Waals surface area contributed by atoms with Crippen molar-refractivity contribution >= 4 is 56.6 Å². The van der Waals surface area contributed by atoms with Crippen molar-refractivity contribution in [2.24, 2.45) is 0 Å². The number of hydrogen-bond donors (Lipinski definition) is 1. The van der Waals surface area contributed by atoms with Crippen LogP contribution in [0.15, 0.2) is 66.0 Å². The lowest BCUT2D eigenvalue weighted by Gasteiger charge is -2.27. The van der Waals surface area contributed by atoms with Crippen LogP contribution in [0.4, 0.5) is 5.69 Å². The molecular weight excluding hydrogens is 434 g/mol. The van der Waals surface area contributed by atoms with Crippen molar-refractivity contribution < 1.29 is 14.4 Å². The summed E-state index contributed by atoms with van der Waals surface area (Å²) in [5.41, 5.74) is 3.16. The van der Waals surface area contributed by atoms with Gasteiger partial charge in [-0.1, -0.05) is 23.7 Å². The minimum atomic E-state index is -0.363. The number of imide groups is 1. The highest BCUT2D eigenvalue weighted by Gasteiger charge is 2.33. The normalized spacial score (nSPS) is 13.5. The molecule has 5 rings (SSSR count). The zero-order chi connectivity index (χ0) is 21.5. The van der Waals surface area contributed by atoms with E-state index >= 15 is 0 Å². The van der Waals surface area contributed by atoms with E-state index in [4.69, 9.17) is 11.6 Å². The second kappa shape index (κ2) is 7.68. The number of anilines is 1. The summed E-state index contributed by atoms with van der Waals surface area (Å²) in [5, 5.41) is 5.39. The number of amides is 3. The van der Waals surface area contributed by atoms with Crippen molar-refractivity contribution in [1.82, 2.24) is 9.88 Å². The predicted molar refractivity (Wildman–Crippen MR) is 121 cm³/mol. The number of halogens is 1. The van der Waals surface area contributed by atoms with Gasteiger partial charge in [0.05, 0.1) is 15.9 Å². The lowest BCUT2D eigenvalue weighted by Crippen LogP contribution is -2.44. The highest BCUT2D eigenvalue weighted by Crippen LogP contribution is 2.30. The van der Waals surface area contributed by atoms with Crippen LogP contribution >= 0.6 is 22.9 Å². The van der Waals surface area contributed by atoms with E-state index in [-0.39, 0.29) is 24.3 Å². The van der Waals surface area contributed by atoms with E-state index in [1.54, 1.807) is 41.0 Å². The monoisotopic (exact) mass is 449 g/mol. The van der Waals surface area contributed by atoms with Crippen LogP contribution in [0, 0.1) is 0 Å². The van der Waals surface area contributed by atoms with Crippen LogP contribution < -0.4 is 10.2 Å². The molecule has 2 aromatic carbocycles. The van der Waals surface area contributed by atoms with Crippen LogP contribution in [-0.4, -0.2) is 22.3 Å². The first-order chi connectivity index (χ1) is 15.0. The maximum atomic E-state index is 13.0. The summed E-state index contributed by atoms with van der Waals surface area (Å²) < 4.78 is 2.73. The molecule has 0 bridgehead atoms. The third-order valence-corrected chi connectivity index (χ3v) is 6.31. The van der Waals surface area contributed by atoms with Crippen LogP contribution in [0.25, 0.3) is 10.2 Å². The van der Waals surface area contributed by atoms with Crippen LogP contribution in [-0.2, 0) is 17.9 Å². The molecule has 0 unspecified atom stereocenters.